The molecule has 2 rings (SSSR count). The van der Waals surface area contributed by atoms with Crippen LogP contribution in [0.1, 0.15) is 19.4 Å². The second kappa shape index (κ2) is 8.73. The van der Waals surface area contributed by atoms with Crippen molar-refractivity contribution in [1.82, 2.24) is 10.2 Å². The van der Waals surface area contributed by atoms with Gasteiger partial charge in [0.2, 0.25) is 0 Å². The lowest BCUT2D eigenvalue weighted by molar-refractivity contribution is 0.146. The number of ether oxygens (including phenoxy) is 2. The molecular formula is C18H29N3O4S. The zero-order chi connectivity index (χ0) is 19.2. The van der Waals surface area contributed by atoms with Crippen molar-refractivity contribution in [3.63, 3.8) is 0 Å². The zero-order valence-electron chi connectivity index (χ0n) is 16.0. The number of hydrogen-bond donors (Lipinski definition) is 1. The third-order valence-electron chi connectivity index (χ3n) is 4.48. The topological polar surface area (TPSA) is 80.2 Å². The van der Waals surface area contributed by atoms with Crippen LogP contribution < -0.4 is 10.1 Å². The molecule has 26 heavy (non-hydrogen) atoms. The SMILES string of the molecule is CN=C(NCc1ccc(OCCOC)cc1)N1CCS(=O)(=O)C(C)(C)C1. The molecule has 0 spiro atoms. The van der Waals surface area contributed by atoms with Crippen molar-refractivity contribution < 1.29 is 17.9 Å². The molecule has 1 N–H and O–H groups in total. The summed E-state index contributed by atoms with van der Waals surface area (Å²) in [7, 11) is 0.292. The highest BCUT2D eigenvalue weighted by Crippen LogP contribution is 2.23. The van der Waals surface area contributed by atoms with Crippen LogP contribution in [0.5, 0.6) is 5.75 Å². The van der Waals surface area contributed by atoms with Gasteiger partial charge in [0.15, 0.2) is 15.8 Å². The molecule has 0 amide bonds. The van der Waals surface area contributed by atoms with E-state index in [-0.39, 0.29) is 5.75 Å². The Morgan fingerprint density at radius 3 is 2.54 bits per heavy atom. The first-order valence-electron chi connectivity index (χ1n) is 8.67. The zero-order valence-corrected chi connectivity index (χ0v) is 16.8. The minimum atomic E-state index is -3.06. The van der Waals surface area contributed by atoms with E-state index < -0.39 is 14.6 Å². The first-order chi connectivity index (χ1) is 12.3. The second-order valence-corrected chi connectivity index (χ2v) is 9.63. The van der Waals surface area contributed by atoms with Crippen molar-refractivity contribution in [2.75, 3.05) is 46.2 Å². The number of aliphatic imine (C=N–C) groups is 1. The molecule has 1 aromatic rings. The fraction of sp³-hybridized carbons (Fsp3) is 0.611. The number of nitrogens with one attached hydrogen (secondary N) is 1. The Morgan fingerprint density at radius 1 is 1.27 bits per heavy atom. The molecule has 0 aromatic heterocycles. The number of guanidine groups is 1. The van der Waals surface area contributed by atoms with Crippen molar-refractivity contribution in [1.29, 1.82) is 0 Å². The standard InChI is InChI=1S/C18H29N3O4S/c1-18(2)14-21(9-12-26(18,22)23)17(19-3)20-13-15-5-7-16(8-6-15)25-11-10-24-4/h5-8H,9-14H2,1-4H3,(H,19,20). The molecule has 146 valence electrons. The Kier molecular flexibility index (Phi) is 6.88. The average Bonchev–Trinajstić information content (AvgIpc) is 2.60. The van der Waals surface area contributed by atoms with Gasteiger partial charge in [-0.05, 0) is 31.5 Å². The summed E-state index contributed by atoms with van der Waals surface area (Å²) >= 11 is 0. The molecule has 1 aromatic carbocycles. The quantitative estimate of drug-likeness (QED) is 0.453. The second-order valence-electron chi connectivity index (χ2n) is 6.89. The van der Waals surface area contributed by atoms with Crippen molar-refractivity contribution in [2.24, 2.45) is 4.99 Å². The average molecular weight is 384 g/mol. The number of sulfone groups is 1. The summed E-state index contributed by atoms with van der Waals surface area (Å²) in [5.41, 5.74) is 1.09. The first kappa shape index (κ1) is 20.5. The van der Waals surface area contributed by atoms with E-state index in [1.54, 1.807) is 28.0 Å². The van der Waals surface area contributed by atoms with E-state index in [2.05, 4.69) is 10.3 Å². The maximum atomic E-state index is 12.2. The molecule has 0 aliphatic carbocycles. The van der Waals surface area contributed by atoms with Crippen LogP contribution in [0.3, 0.4) is 0 Å². The summed E-state index contributed by atoms with van der Waals surface area (Å²) in [6, 6.07) is 7.83. The number of nitrogens with zero attached hydrogens (tertiary/aromatic N) is 2. The van der Waals surface area contributed by atoms with Crippen molar-refractivity contribution in [3.8, 4) is 5.75 Å². The van der Waals surface area contributed by atoms with Gasteiger partial charge in [0.25, 0.3) is 0 Å². The Labute approximate surface area is 156 Å². The Balaban J connectivity index is 1.91. The molecule has 8 heteroatoms. The van der Waals surface area contributed by atoms with E-state index in [9.17, 15) is 8.42 Å². The molecule has 0 unspecified atom stereocenters. The molecule has 1 aliphatic heterocycles. The minimum Gasteiger partial charge on any atom is -0.491 e. The van der Waals surface area contributed by atoms with Crippen LogP contribution in [0.2, 0.25) is 0 Å². The number of hydrogen-bond acceptors (Lipinski definition) is 5. The predicted octanol–water partition coefficient (Wildman–Crippen LogP) is 1.30. The lowest BCUT2D eigenvalue weighted by Gasteiger charge is -2.39. The summed E-state index contributed by atoms with van der Waals surface area (Å²) in [4.78, 5) is 6.31. The van der Waals surface area contributed by atoms with E-state index in [0.29, 0.717) is 38.8 Å². The van der Waals surface area contributed by atoms with Gasteiger partial charge in [-0.25, -0.2) is 8.42 Å². The fourth-order valence-corrected chi connectivity index (χ4v) is 4.15. The van der Waals surface area contributed by atoms with Gasteiger partial charge in [-0.1, -0.05) is 12.1 Å². The summed E-state index contributed by atoms with van der Waals surface area (Å²) in [5, 5.41) is 3.31. The Bertz CT molecular complexity index is 714. The lowest BCUT2D eigenvalue weighted by Crippen LogP contribution is -2.57. The highest BCUT2D eigenvalue weighted by Gasteiger charge is 2.40. The summed E-state index contributed by atoms with van der Waals surface area (Å²) in [6.45, 7) is 6.11. The van der Waals surface area contributed by atoms with Gasteiger partial charge in [-0.3, -0.25) is 4.99 Å². The van der Waals surface area contributed by atoms with Crippen molar-refractivity contribution in [3.05, 3.63) is 29.8 Å². The monoisotopic (exact) mass is 383 g/mol. The molecule has 7 nitrogen and oxygen atoms in total. The van der Waals surface area contributed by atoms with Crippen molar-refractivity contribution >= 4 is 15.8 Å². The smallest absolute Gasteiger partial charge is 0.193 e. The van der Waals surface area contributed by atoms with Crippen LogP contribution >= 0.6 is 0 Å². The molecule has 1 aliphatic rings. The highest BCUT2D eigenvalue weighted by molar-refractivity contribution is 7.92. The maximum absolute atomic E-state index is 12.2. The third kappa shape index (κ3) is 5.11. The number of methoxy groups -OCH3 is 1. The van der Waals surface area contributed by atoms with Crippen LogP contribution in [0.4, 0.5) is 0 Å². The van der Waals surface area contributed by atoms with Crippen LogP contribution in [-0.2, 0) is 21.1 Å². The highest BCUT2D eigenvalue weighted by atomic mass is 32.2. The van der Waals surface area contributed by atoms with Crippen molar-refractivity contribution in [2.45, 2.75) is 25.1 Å². The summed E-state index contributed by atoms with van der Waals surface area (Å²) in [6.07, 6.45) is 0. The van der Waals surface area contributed by atoms with Crippen LogP contribution in [-0.4, -0.2) is 70.2 Å². The lowest BCUT2D eigenvalue weighted by atomic mass is 10.2. The fourth-order valence-electron chi connectivity index (χ4n) is 2.78. The van der Waals surface area contributed by atoms with Crippen LogP contribution in [0, 0.1) is 0 Å². The van der Waals surface area contributed by atoms with Gasteiger partial charge in [-0.15, -0.1) is 0 Å². The first-order valence-corrected chi connectivity index (χ1v) is 10.3. The summed E-state index contributed by atoms with van der Waals surface area (Å²) in [5.74, 6) is 1.67. The van der Waals surface area contributed by atoms with E-state index in [4.69, 9.17) is 9.47 Å². The van der Waals surface area contributed by atoms with Gasteiger partial charge >= 0.3 is 0 Å². The van der Waals surface area contributed by atoms with E-state index in [1.165, 1.54) is 0 Å². The maximum Gasteiger partial charge on any atom is 0.193 e. The Hall–Kier alpha value is -1.80. The van der Waals surface area contributed by atoms with Gasteiger partial charge in [0.05, 0.1) is 17.1 Å². The molecule has 0 radical (unpaired) electrons. The molecule has 1 fully saturated rings. The molecule has 1 saturated heterocycles. The normalized spacial score (nSPS) is 19.2. The minimum absolute atomic E-state index is 0.147. The molecule has 0 saturated carbocycles. The van der Waals surface area contributed by atoms with Gasteiger partial charge in [-0.2, -0.15) is 0 Å². The molecule has 0 atom stereocenters. The van der Waals surface area contributed by atoms with Gasteiger partial charge < -0.3 is 19.7 Å². The third-order valence-corrected chi connectivity index (χ3v) is 7.02. The molecular weight excluding hydrogens is 354 g/mol. The summed E-state index contributed by atoms with van der Waals surface area (Å²) < 4.78 is 34.1. The van der Waals surface area contributed by atoms with Crippen LogP contribution in [0.15, 0.2) is 29.3 Å². The van der Waals surface area contributed by atoms with Gasteiger partial charge in [0, 0.05) is 33.8 Å². The van der Waals surface area contributed by atoms with E-state index in [1.807, 2.05) is 29.2 Å². The van der Waals surface area contributed by atoms with Gasteiger partial charge in [0.1, 0.15) is 12.4 Å². The molecule has 1 heterocycles. The predicted molar refractivity (Wildman–Crippen MR) is 103 cm³/mol. The Morgan fingerprint density at radius 2 is 1.96 bits per heavy atom. The largest absolute Gasteiger partial charge is 0.491 e. The number of benzene rings is 1. The van der Waals surface area contributed by atoms with E-state index >= 15 is 0 Å². The van der Waals surface area contributed by atoms with Crippen LogP contribution in [0.25, 0.3) is 0 Å². The van der Waals surface area contributed by atoms with E-state index in [0.717, 1.165) is 11.3 Å². The molecule has 0 bridgehead atoms. The number of rotatable bonds is 6.